The third kappa shape index (κ3) is 5.17. The molecule has 37 heavy (non-hydrogen) atoms. The molecule has 1 saturated carbocycles. The van der Waals surface area contributed by atoms with E-state index in [4.69, 9.17) is 10.5 Å². The molecule has 1 aliphatic rings. The van der Waals surface area contributed by atoms with Crippen LogP contribution in [0.25, 0.3) is 27.2 Å². The zero-order valence-corrected chi connectivity index (χ0v) is 21.5. The number of aliphatic imine (C=N–C) groups is 1. The number of nitrogens with zero attached hydrogens (tertiary/aromatic N) is 6. The van der Waals surface area contributed by atoms with Crippen molar-refractivity contribution in [3.63, 3.8) is 0 Å². The second-order valence-corrected chi connectivity index (χ2v) is 9.72. The largest absolute Gasteiger partial charge is 0.494 e. The number of thiazole rings is 1. The van der Waals surface area contributed by atoms with E-state index in [9.17, 15) is 4.79 Å². The standard InChI is InChI=1S/C26H26N8O2S/c1-14-7-18(19-8-15(2)29-13-22(19)36-3)20(11-28-14)24(35)34-26-33-23-25(37-26)32-21(12-31-23)16(9-27)10-30-17-5-4-6-17/h7-13,17H,4-6,27H2,1-3H3,(H,31,33,34,35)/b16-9+,30-10?. The van der Waals surface area contributed by atoms with Crippen molar-refractivity contribution in [2.75, 3.05) is 12.4 Å². The van der Waals surface area contributed by atoms with Gasteiger partial charge in [-0.25, -0.2) is 9.97 Å². The predicted octanol–water partition coefficient (Wildman–Crippen LogP) is 4.34. The Morgan fingerprint density at radius 3 is 2.57 bits per heavy atom. The Morgan fingerprint density at radius 2 is 1.86 bits per heavy atom. The predicted molar refractivity (Wildman–Crippen MR) is 145 cm³/mol. The van der Waals surface area contributed by atoms with Gasteiger partial charge < -0.3 is 10.5 Å². The highest BCUT2D eigenvalue weighted by Crippen LogP contribution is 2.33. The van der Waals surface area contributed by atoms with Gasteiger partial charge in [0.15, 0.2) is 15.6 Å². The first-order chi connectivity index (χ1) is 17.9. The number of methoxy groups -OCH3 is 1. The van der Waals surface area contributed by atoms with E-state index in [0.717, 1.165) is 29.8 Å². The van der Waals surface area contributed by atoms with Gasteiger partial charge in [0.25, 0.3) is 5.91 Å². The number of rotatable bonds is 7. The van der Waals surface area contributed by atoms with Crippen molar-refractivity contribution in [3.8, 4) is 16.9 Å². The Labute approximate surface area is 217 Å². The van der Waals surface area contributed by atoms with E-state index >= 15 is 0 Å². The van der Waals surface area contributed by atoms with Crippen LogP contribution < -0.4 is 15.8 Å². The van der Waals surface area contributed by atoms with Crippen molar-refractivity contribution in [1.82, 2.24) is 24.9 Å². The minimum Gasteiger partial charge on any atom is -0.494 e. The summed E-state index contributed by atoms with van der Waals surface area (Å²) in [5, 5.41) is 3.25. The number of allylic oxidation sites excluding steroid dienone is 1. The Balaban J connectivity index is 1.43. The van der Waals surface area contributed by atoms with Crippen molar-refractivity contribution >= 4 is 44.6 Å². The third-order valence-electron chi connectivity index (χ3n) is 6.12. The van der Waals surface area contributed by atoms with Gasteiger partial charge >= 0.3 is 0 Å². The molecule has 4 aromatic rings. The fraction of sp³-hybridized carbons (Fsp3) is 0.269. The molecule has 1 fully saturated rings. The molecule has 0 aliphatic heterocycles. The van der Waals surface area contributed by atoms with Crippen molar-refractivity contribution in [3.05, 3.63) is 59.6 Å². The van der Waals surface area contributed by atoms with Crippen LogP contribution in [0.15, 0.2) is 41.9 Å². The number of hydrogen-bond donors (Lipinski definition) is 2. The SMILES string of the molecule is COc1cnc(C)cc1-c1cc(C)ncc1C(=O)Nc1nc2ncc(/C(C=NC3CCC3)=C/N)nc2s1. The van der Waals surface area contributed by atoms with Gasteiger partial charge in [-0.15, -0.1) is 0 Å². The number of fused-ring (bicyclic) bond motifs is 1. The van der Waals surface area contributed by atoms with Crippen molar-refractivity contribution in [2.45, 2.75) is 39.2 Å². The average Bonchev–Trinajstić information content (AvgIpc) is 3.26. The van der Waals surface area contributed by atoms with Crippen LogP contribution >= 0.6 is 11.3 Å². The van der Waals surface area contributed by atoms with Crippen molar-refractivity contribution in [2.24, 2.45) is 10.7 Å². The van der Waals surface area contributed by atoms with Gasteiger partial charge in [-0.05, 0) is 45.2 Å². The summed E-state index contributed by atoms with van der Waals surface area (Å²) >= 11 is 1.23. The normalized spacial score (nSPS) is 14.2. The molecular weight excluding hydrogens is 488 g/mol. The number of aromatic nitrogens is 5. The number of carbonyl (C=O) groups is 1. The van der Waals surface area contributed by atoms with E-state index < -0.39 is 0 Å². The lowest BCUT2D eigenvalue weighted by Gasteiger charge is -2.20. The molecule has 1 aliphatic carbocycles. The summed E-state index contributed by atoms with van der Waals surface area (Å²) in [5.74, 6) is 0.212. The number of ether oxygens (including phenoxy) is 1. The summed E-state index contributed by atoms with van der Waals surface area (Å²) in [4.78, 5) is 40.6. The molecule has 3 N–H and O–H groups in total. The number of nitrogens with two attached hydrogens (primary N) is 1. The minimum atomic E-state index is -0.353. The van der Waals surface area contributed by atoms with E-state index in [1.807, 2.05) is 26.0 Å². The zero-order chi connectivity index (χ0) is 25.9. The van der Waals surface area contributed by atoms with Crippen LogP contribution in [0, 0.1) is 13.8 Å². The lowest BCUT2D eigenvalue weighted by Crippen LogP contribution is -2.15. The molecule has 0 bridgehead atoms. The molecule has 0 spiro atoms. The second-order valence-electron chi connectivity index (χ2n) is 8.74. The molecule has 5 rings (SSSR count). The van der Waals surface area contributed by atoms with Gasteiger partial charge in [-0.3, -0.25) is 25.1 Å². The zero-order valence-electron chi connectivity index (χ0n) is 20.7. The van der Waals surface area contributed by atoms with Gasteiger partial charge in [0.1, 0.15) is 5.75 Å². The van der Waals surface area contributed by atoms with Crippen molar-refractivity contribution < 1.29 is 9.53 Å². The second kappa shape index (κ2) is 10.4. The number of hydrogen-bond acceptors (Lipinski definition) is 10. The Kier molecular flexibility index (Phi) is 6.87. The maximum Gasteiger partial charge on any atom is 0.259 e. The highest BCUT2D eigenvalue weighted by molar-refractivity contribution is 7.21. The average molecular weight is 515 g/mol. The van der Waals surface area contributed by atoms with E-state index in [-0.39, 0.29) is 5.91 Å². The van der Waals surface area contributed by atoms with Gasteiger partial charge in [0.05, 0.1) is 30.8 Å². The van der Waals surface area contributed by atoms with Crippen LogP contribution in [0.2, 0.25) is 0 Å². The van der Waals surface area contributed by atoms with Crippen LogP contribution in [0.4, 0.5) is 5.13 Å². The first-order valence-electron chi connectivity index (χ1n) is 11.8. The van der Waals surface area contributed by atoms with Gasteiger partial charge in [0.2, 0.25) is 0 Å². The summed E-state index contributed by atoms with van der Waals surface area (Å²) in [6.45, 7) is 3.76. The van der Waals surface area contributed by atoms with Gasteiger partial charge in [0, 0.05) is 52.7 Å². The Morgan fingerprint density at radius 1 is 1.11 bits per heavy atom. The molecule has 1 amide bonds. The molecule has 0 atom stereocenters. The quantitative estimate of drug-likeness (QED) is 0.347. The summed E-state index contributed by atoms with van der Waals surface area (Å²) in [6.07, 6.45) is 11.4. The molecule has 188 valence electrons. The molecule has 0 unspecified atom stereocenters. The molecular formula is C26H26N8O2S. The molecule has 0 saturated heterocycles. The fourth-order valence-electron chi connectivity index (χ4n) is 3.88. The minimum absolute atomic E-state index is 0.353. The smallest absolute Gasteiger partial charge is 0.259 e. The monoisotopic (exact) mass is 514 g/mol. The Hall–Kier alpha value is -4.25. The van der Waals surface area contributed by atoms with E-state index in [0.29, 0.717) is 49.8 Å². The first-order valence-corrected chi connectivity index (χ1v) is 12.6. The van der Waals surface area contributed by atoms with Crippen molar-refractivity contribution in [1.29, 1.82) is 0 Å². The van der Waals surface area contributed by atoms with Crippen LogP contribution in [0.3, 0.4) is 0 Å². The maximum absolute atomic E-state index is 13.4. The number of anilines is 1. The summed E-state index contributed by atoms with van der Waals surface area (Å²) in [5.41, 5.74) is 11.0. The van der Waals surface area contributed by atoms with Gasteiger partial charge in [-0.1, -0.05) is 11.3 Å². The molecule has 10 nitrogen and oxygen atoms in total. The topological polar surface area (TPSA) is 141 Å². The van der Waals surface area contributed by atoms with Crippen LogP contribution in [-0.2, 0) is 0 Å². The number of aryl methyl sites for hydroxylation is 2. The van der Waals surface area contributed by atoms with Crippen LogP contribution in [-0.4, -0.2) is 50.2 Å². The molecule has 0 aromatic carbocycles. The molecule has 4 aromatic heterocycles. The summed E-state index contributed by atoms with van der Waals surface area (Å²) in [6, 6.07) is 4.09. The Bertz CT molecular complexity index is 1540. The van der Waals surface area contributed by atoms with E-state index in [1.165, 1.54) is 24.0 Å². The first kappa shape index (κ1) is 24.4. The number of carbonyl (C=O) groups excluding carboxylic acids is 1. The highest BCUT2D eigenvalue weighted by Gasteiger charge is 2.20. The maximum atomic E-state index is 13.4. The number of amides is 1. The summed E-state index contributed by atoms with van der Waals surface area (Å²) in [7, 11) is 1.57. The fourth-order valence-corrected chi connectivity index (χ4v) is 4.67. The number of nitrogens with one attached hydrogen (secondary N) is 1. The lowest BCUT2D eigenvalue weighted by atomic mass is 9.94. The van der Waals surface area contributed by atoms with E-state index in [2.05, 4.69) is 35.2 Å². The number of pyridine rings is 2. The van der Waals surface area contributed by atoms with Crippen LogP contribution in [0.1, 0.15) is 46.7 Å². The summed E-state index contributed by atoms with van der Waals surface area (Å²) < 4.78 is 5.50. The molecule has 11 heteroatoms. The molecule has 0 radical (unpaired) electrons. The lowest BCUT2D eigenvalue weighted by molar-refractivity contribution is 0.102. The third-order valence-corrected chi connectivity index (χ3v) is 6.97. The highest BCUT2D eigenvalue weighted by atomic mass is 32.1. The van der Waals surface area contributed by atoms with Gasteiger partial charge in [-0.2, -0.15) is 4.98 Å². The van der Waals surface area contributed by atoms with Crippen LogP contribution in [0.5, 0.6) is 5.75 Å². The van der Waals surface area contributed by atoms with E-state index in [1.54, 1.807) is 31.9 Å². The molecule has 4 heterocycles.